The lowest BCUT2D eigenvalue weighted by Crippen LogP contribution is -1.93. The Kier molecular flexibility index (Phi) is 16.8. The normalized spacial score (nSPS) is 11.0. The van der Waals surface area contributed by atoms with E-state index in [0.717, 1.165) is 12.8 Å². The molecule has 0 saturated carbocycles. The van der Waals surface area contributed by atoms with Crippen LogP contribution in [0.5, 0.6) is 0 Å². The average Bonchev–Trinajstić information content (AvgIpc) is 2.70. The summed E-state index contributed by atoms with van der Waals surface area (Å²) >= 11 is 0. The zero-order valence-electron chi connectivity index (χ0n) is 18.2. The minimum absolute atomic E-state index is 0.342. The first-order valence-electron chi connectivity index (χ1n) is 12.0. The molecule has 0 aliphatic heterocycles. The van der Waals surface area contributed by atoms with E-state index in [1.54, 1.807) is 0 Å². The van der Waals surface area contributed by atoms with E-state index in [4.69, 9.17) is 5.11 Å². The molecule has 0 aromatic heterocycles. The predicted molar refractivity (Wildman–Crippen MR) is 121 cm³/mol. The third kappa shape index (κ3) is 16.8. The zero-order chi connectivity index (χ0) is 20.1. The highest BCUT2D eigenvalue weighted by Gasteiger charge is 1.97. The molecule has 0 amide bonds. The highest BCUT2D eigenvalue weighted by Crippen LogP contribution is 2.15. The summed E-state index contributed by atoms with van der Waals surface area (Å²) in [6.45, 7) is 0. The number of aryl methyl sites for hydroxylation is 1. The molecule has 0 radical (unpaired) electrons. The number of benzene rings is 1. The standard InChI is InChI=1S/C26H44O2/c27-26(28)24-20-15-13-11-9-7-5-3-1-2-4-6-8-10-12-14-17-21-25-22-18-16-19-23-25/h16,18-19,22-23H,1-15,17,20-21,24H2,(H,27,28). The van der Waals surface area contributed by atoms with E-state index in [2.05, 4.69) is 30.3 Å². The van der Waals surface area contributed by atoms with Crippen molar-refractivity contribution in [2.45, 2.75) is 122 Å². The number of hydrogen-bond acceptors (Lipinski definition) is 1. The number of rotatable bonds is 20. The smallest absolute Gasteiger partial charge is 0.303 e. The number of carboxylic acid groups (broad SMARTS) is 1. The second-order valence-corrected chi connectivity index (χ2v) is 8.39. The van der Waals surface area contributed by atoms with E-state index < -0.39 is 5.97 Å². The summed E-state index contributed by atoms with van der Waals surface area (Å²) in [4.78, 5) is 10.4. The second-order valence-electron chi connectivity index (χ2n) is 8.39. The van der Waals surface area contributed by atoms with E-state index in [-0.39, 0.29) is 0 Å². The van der Waals surface area contributed by atoms with E-state index in [1.165, 1.54) is 108 Å². The first kappa shape index (κ1) is 24.7. The molecule has 0 spiro atoms. The maximum Gasteiger partial charge on any atom is 0.303 e. The number of carboxylic acids is 1. The molecule has 0 atom stereocenters. The third-order valence-electron chi connectivity index (χ3n) is 5.70. The molecule has 0 unspecified atom stereocenters. The van der Waals surface area contributed by atoms with Gasteiger partial charge in [0.15, 0.2) is 0 Å². The van der Waals surface area contributed by atoms with Gasteiger partial charge in [-0.05, 0) is 24.8 Å². The van der Waals surface area contributed by atoms with Crippen molar-refractivity contribution in [3.63, 3.8) is 0 Å². The highest BCUT2D eigenvalue weighted by molar-refractivity contribution is 5.66. The van der Waals surface area contributed by atoms with Crippen molar-refractivity contribution in [1.29, 1.82) is 0 Å². The lowest BCUT2D eigenvalue weighted by Gasteiger charge is -2.04. The Bertz CT molecular complexity index is 455. The van der Waals surface area contributed by atoms with Gasteiger partial charge in [0, 0.05) is 6.42 Å². The topological polar surface area (TPSA) is 37.3 Å². The van der Waals surface area contributed by atoms with Crippen LogP contribution in [0.25, 0.3) is 0 Å². The van der Waals surface area contributed by atoms with Gasteiger partial charge in [-0.2, -0.15) is 0 Å². The fraction of sp³-hybridized carbons (Fsp3) is 0.731. The SMILES string of the molecule is O=C(O)CCCCCCCCCCCCCCCCCCCc1ccccc1. The summed E-state index contributed by atoms with van der Waals surface area (Å²) < 4.78 is 0. The van der Waals surface area contributed by atoms with Crippen molar-refractivity contribution in [1.82, 2.24) is 0 Å². The third-order valence-corrected chi connectivity index (χ3v) is 5.70. The molecular formula is C26H44O2. The van der Waals surface area contributed by atoms with Crippen molar-refractivity contribution in [3.8, 4) is 0 Å². The lowest BCUT2D eigenvalue weighted by molar-refractivity contribution is -0.137. The lowest BCUT2D eigenvalue weighted by atomic mass is 10.0. The van der Waals surface area contributed by atoms with Gasteiger partial charge < -0.3 is 5.11 Å². The van der Waals surface area contributed by atoms with Crippen LogP contribution in [0.4, 0.5) is 0 Å². The van der Waals surface area contributed by atoms with Crippen molar-refractivity contribution < 1.29 is 9.90 Å². The van der Waals surface area contributed by atoms with E-state index in [1.807, 2.05) is 0 Å². The fourth-order valence-corrected chi connectivity index (χ4v) is 3.90. The van der Waals surface area contributed by atoms with E-state index in [0.29, 0.717) is 6.42 Å². The largest absolute Gasteiger partial charge is 0.481 e. The molecule has 1 aromatic rings. The van der Waals surface area contributed by atoms with Crippen molar-refractivity contribution >= 4 is 5.97 Å². The second kappa shape index (κ2) is 19.0. The van der Waals surface area contributed by atoms with Gasteiger partial charge in [0.05, 0.1) is 0 Å². The predicted octanol–water partition coefficient (Wildman–Crippen LogP) is 8.34. The molecule has 0 aliphatic rings. The molecule has 0 bridgehead atoms. The number of aliphatic carboxylic acids is 1. The minimum Gasteiger partial charge on any atom is -0.481 e. The maximum absolute atomic E-state index is 10.4. The summed E-state index contributed by atoms with van der Waals surface area (Å²) in [5.41, 5.74) is 1.48. The Morgan fingerprint density at radius 3 is 1.29 bits per heavy atom. The molecule has 1 rings (SSSR count). The van der Waals surface area contributed by atoms with Crippen LogP contribution >= 0.6 is 0 Å². The molecule has 2 nitrogen and oxygen atoms in total. The quantitative estimate of drug-likeness (QED) is 0.228. The zero-order valence-corrected chi connectivity index (χ0v) is 18.2. The average molecular weight is 389 g/mol. The van der Waals surface area contributed by atoms with Crippen molar-refractivity contribution in [2.24, 2.45) is 0 Å². The Hall–Kier alpha value is -1.31. The molecule has 0 fully saturated rings. The van der Waals surface area contributed by atoms with Gasteiger partial charge >= 0.3 is 5.97 Å². The molecule has 0 aliphatic carbocycles. The van der Waals surface area contributed by atoms with Gasteiger partial charge in [-0.3, -0.25) is 4.79 Å². The Balaban J connectivity index is 1.68. The molecule has 0 saturated heterocycles. The minimum atomic E-state index is -0.654. The van der Waals surface area contributed by atoms with Crippen molar-refractivity contribution in [2.75, 3.05) is 0 Å². The van der Waals surface area contributed by atoms with E-state index in [9.17, 15) is 4.79 Å². The molecule has 2 heteroatoms. The first-order chi connectivity index (χ1) is 13.8. The molecule has 0 heterocycles. The van der Waals surface area contributed by atoms with Gasteiger partial charge in [0.2, 0.25) is 0 Å². The van der Waals surface area contributed by atoms with Gasteiger partial charge in [-0.25, -0.2) is 0 Å². The van der Waals surface area contributed by atoms with E-state index >= 15 is 0 Å². The summed E-state index contributed by atoms with van der Waals surface area (Å²) in [5, 5.41) is 8.58. The number of carbonyl (C=O) groups is 1. The van der Waals surface area contributed by atoms with Gasteiger partial charge in [-0.15, -0.1) is 0 Å². The highest BCUT2D eigenvalue weighted by atomic mass is 16.4. The van der Waals surface area contributed by atoms with Gasteiger partial charge in [-0.1, -0.05) is 127 Å². The number of hydrogen-bond donors (Lipinski definition) is 1. The van der Waals surface area contributed by atoms with Crippen LogP contribution in [0.1, 0.15) is 121 Å². The van der Waals surface area contributed by atoms with Crippen molar-refractivity contribution in [3.05, 3.63) is 35.9 Å². The van der Waals surface area contributed by atoms with Crippen LogP contribution in [-0.2, 0) is 11.2 Å². The van der Waals surface area contributed by atoms with Crippen LogP contribution in [0.15, 0.2) is 30.3 Å². The van der Waals surface area contributed by atoms with Crippen LogP contribution in [-0.4, -0.2) is 11.1 Å². The maximum atomic E-state index is 10.4. The summed E-state index contributed by atoms with van der Waals surface area (Å²) in [5.74, 6) is -0.654. The molecule has 160 valence electrons. The molecule has 1 N–H and O–H groups in total. The first-order valence-corrected chi connectivity index (χ1v) is 12.0. The summed E-state index contributed by atoms with van der Waals surface area (Å²) in [7, 11) is 0. The molecule has 28 heavy (non-hydrogen) atoms. The molecular weight excluding hydrogens is 344 g/mol. The summed E-state index contributed by atoms with van der Waals surface area (Å²) in [6, 6.07) is 10.9. The fourth-order valence-electron chi connectivity index (χ4n) is 3.90. The Morgan fingerprint density at radius 1 is 0.536 bits per heavy atom. The monoisotopic (exact) mass is 388 g/mol. The van der Waals surface area contributed by atoms with Crippen LogP contribution in [0.3, 0.4) is 0 Å². The van der Waals surface area contributed by atoms with Crippen LogP contribution < -0.4 is 0 Å². The van der Waals surface area contributed by atoms with Crippen LogP contribution in [0, 0.1) is 0 Å². The molecule has 1 aromatic carbocycles. The number of unbranched alkanes of at least 4 members (excludes halogenated alkanes) is 16. The Morgan fingerprint density at radius 2 is 0.893 bits per heavy atom. The Labute approximate surface area is 174 Å². The van der Waals surface area contributed by atoms with Gasteiger partial charge in [0.25, 0.3) is 0 Å². The summed E-state index contributed by atoms with van der Waals surface area (Å²) in [6.07, 6.45) is 24.1. The van der Waals surface area contributed by atoms with Crippen LogP contribution in [0.2, 0.25) is 0 Å². The van der Waals surface area contributed by atoms with Gasteiger partial charge in [0.1, 0.15) is 0 Å².